The quantitative estimate of drug-likeness (QED) is 0.737. The number of aromatic amines is 1. The van der Waals surface area contributed by atoms with Crippen molar-refractivity contribution in [2.45, 2.75) is 59.3 Å². The van der Waals surface area contributed by atoms with Crippen LogP contribution in [0.2, 0.25) is 0 Å². The normalized spacial score (nSPS) is 14.4. The lowest BCUT2D eigenvalue weighted by molar-refractivity contribution is -0.130. The number of aliphatic carboxylic acids is 1. The molecule has 0 atom stereocenters. The highest BCUT2D eigenvalue weighted by atomic mass is 32.1. The lowest BCUT2D eigenvalue weighted by atomic mass is 9.78. The van der Waals surface area contributed by atoms with Crippen LogP contribution < -0.4 is 14.8 Å². The van der Waals surface area contributed by atoms with E-state index in [0.29, 0.717) is 9.20 Å². The van der Waals surface area contributed by atoms with Crippen molar-refractivity contribution in [3.05, 3.63) is 48.4 Å². The number of aromatic nitrogens is 1. The maximum atomic E-state index is 12.3. The minimum atomic E-state index is -1.06. The van der Waals surface area contributed by atoms with Crippen LogP contribution in [0.1, 0.15) is 65.2 Å². The molecule has 5 nitrogen and oxygen atoms in total. The van der Waals surface area contributed by atoms with Crippen LogP contribution in [0.15, 0.2) is 16.9 Å². The van der Waals surface area contributed by atoms with Crippen LogP contribution in [0, 0.1) is 0 Å². The second-order valence-electron chi connectivity index (χ2n) is 8.79. The van der Waals surface area contributed by atoms with Crippen LogP contribution in [0.3, 0.4) is 0 Å². The molecule has 146 valence electrons. The van der Waals surface area contributed by atoms with Crippen molar-refractivity contribution in [1.29, 1.82) is 0 Å². The monoisotopic (exact) mass is 389 g/mol. The Morgan fingerprint density at radius 3 is 1.96 bits per heavy atom. The highest BCUT2D eigenvalue weighted by Crippen LogP contribution is 2.39. The lowest BCUT2D eigenvalue weighted by Crippen LogP contribution is -2.21. The summed E-state index contributed by atoms with van der Waals surface area (Å²) < 4.78 is 0.764. The summed E-state index contributed by atoms with van der Waals surface area (Å²) in [5, 5.41) is 19.9. The number of carbonyl (C=O) groups is 1. The van der Waals surface area contributed by atoms with E-state index in [1.807, 2.05) is 53.7 Å². The van der Waals surface area contributed by atoms with Crippen molar-refractivity contribution < 1.29 is 15.0 Å². The number of aromatic hydroxyl groups is 1. The topological polar surface area (TPSA) is 90.4 Å². The number of thiazole rings is 1. The molecule has 3 N–H and O–H groups in total. The summed E-state index contributed by atoms with van der Waals surface area (Å²) in [6.07, 6.45) is 1.74. The van der Waals surface area contributed by atoms with Crippen molar-refractivity contribution in [3.8, 4) is 5.75 Å². The van der Waals surface area contributed by atoms with Gasteiger partial charge in [0, 0.05) is 11.1 Å². The molecular formula is C21H27NO4S. The van der Waals surface area contributed by atoms with Crippen molar-refractivity contribution >= 4 is 29.0 Å². The molecule has 0 radical (unpaired) electrons. The fourth-order valence-electron chi connectivity index (χ4n) is 2.74. The molecule has 2 rings (SSSR count). The first-order chi connectivity index (χ1) is 12.2. The number of hydrogen-bond acceptors (Lipinski definition) is 4. The molecule has 27 heavy (non-hydrogen) atoms. The Bertz CT molecular complexity index is 1020. The number of rotatable bonds is 2. The molecule has 0 saturated carbocycles. The molecule has 0 fully saturated rings. The molecule has 0 spiro atoms. The molecule has 0 saturated heterocycles. The maximum Gasteiger partial charge on any atom is 0.334 e. The number of benzene rings is 1. The van der Waals surface area contributed by atoms with Gasteiger partial charge in [0.05, 0.1) is 10.1 Å². The number of H-pyrrole nitrogens is 1. The molecule has 0 aliphatic carbocycles. The van der Waals surface area contributed by atoms with E-state index in [4.69, 9.17) is 5.11 Å². The van der Waals surface area contributed by atoms with Crippen LogP contribution in [0.25, 0.3) is 11.6 Å². The van der Waals surface area contributed by atoms with Gasteiger partial charge in [0.1, 0.15) is 10.4 Å². The first-order valence-electron chi connectivity index (χ1n) is 8.75. The van der Waals surface area contributed by atoms with E-state index >= 15 is 0 Å². The summed E-state index contributed by atoms with van der Waals surface area (Å²) in [6, 6.07) is 3.77. The van der Waals surface area contributed by atoms with Gasteiger partial charge in [-0.1, -0.05) is 41.5 Å². The molecule has 0 unspecified atom stereocenters. The largest absolute Gasteiger partial charge is 0.507 e. The molecule has 0 amide bonds. The van der Waals surface area contributed by atoms with Crippen LogP contribution in [0.4, 0.5) is 0 Å². The summed E-state index contributed by atoms with van der Waals surface area (Å²) in [6.45, 7) is 13.6. The minimum Gasteiger partial charge on any atom is -0.507 e. The number of carboxylic acids is 1. The number of phenols is 1. The second kappa shape index (κ2) is 7.00. The Hall–Kier alpha value is -2.34. The van der Waals surface area contributed by atoms with Gasteiger partial charge >= 0.3 is 5.97 Å². The van der Waals surface area contributed by atoms with E-state index in [2.05, 4.69) is 4.98 Å². The van der Waals surface area contributed by atoms with Crippen LogP contribution in [-0.2, 0) is 15.6 Å². The first kappa shape index (κ1) is 21.0. The molecule has 1 aromatic heterocycles. The summed E-state index contributed by atoms with van der Waals surface area (Å²) in [7, 11) is 0. The summed E-state index contributed by atoms with van der Waals surface area (Å²) in [4.78, 5) is 26.0. The third-order valence-corrected chi connectivity index (χ3v) is 5.51. The van der Waals surface area contributed by atoms with Crippen LogP contribution >= 0.6 is 11.3 Å². The highest BCUT2D eigenvalue weighted by Gasteiger charge is 2.26. The molecule has 0 bridgehead atoms. The predicted molar refractivity (Wildman–Crippen MR) is 110 cm³/mol. The minimum absolute atomic E-state index is 0.105. The molecule has 6 heteroatoms. The van der Waals surface area contributed by atoms with Crippen molar-refractivity contribution in [3.63, 3.8) is 0 Å². The van der Waals surface area contributed by atoms with E-state index in [0.717, 1.165) is 28.0 Å². The number of nitrogens with one attached hydrogen (secondary N) is 1. The molecule has 1 aromatic carbocycles. The molecule has 2 aromatic rings. The van der Waals surface area contributed by atoms with Gasteiger partial charge < -0.3 is 15.2 Å². The highest BCUT2D eigenvalue weighted by molar-refractivity contribution is 7.07. The van der Waals surface area contributed by atoms with Gasteiger partial charge in [0.25, 0.3) is 5.56 Å². The third-order valence-electron chi connectivity index (χ3n) is 4.37. The molecular weight excluding hydrogens is 362 g/mol. The summed E-state index contributed by atoms with van der Waals surface area (Å²) >= 11 is 1.12. The standard InChI is InChI=1S/C21H27NO4S/c1-11(19(25)26)18-22-17(24)15(27-18)10-12-8-13(20(2,3)4)16(23)14(9-12)21(5,6)7/h8-10,23H,1-7H3,(H,22,24)(H,25,26). The van der Waals surface area contributed by atoms with Crippen molar-refractivity contribution in [2.24, 2.45) is 0 Å². The molecule has 0 aliphatic heterocycles. The molecule has 1 heterocycles. The average Bonchev–Trinajstić information content (AvgIpc) is 2.86. The summed E-state index contributed by atoms with van der Waals surface area (Å²) in [5.74, 6) is -0.781. The second-order valence-corrected chi connectivity index (χ2v) is 9.84. The maximum absolute atomic E-state index is 12.3. The van der Waals surface area contributed by atoms with Crippen molar-refractivity contribution in [2.75, 3.05) is 0 Å². The van der Waals surface area contributed by atoms with E-state index in [9.17, 15) is 14.7 Å². The zero-order chi connectivity index (χ0) is 20.7. The van der Waals surface area contributed by atoms with Crippen molar-refractivity contribution in [1.82, 2.24) is 4.98 Å². The zero-order valence-electron chi connectivity index (χ0n) is 16.9. The van der Waals surface area contributed by atoms with Gasteiger partial charge in [0.15, 0.2) is 0 Å². The van der Waals surface area contributed by atoms with E-state index in [1.54, 1.807) is 6.08 Å². The Balaban J connectivity index is 2.82. The Morgan fingerprint density at radius 2 is 1.56 bits per heavy atom. The van der Waals surface area contributed by atoms with Gasteiger partial charge in [-0.15, -0.1) is 11.3 Å². The predicted octanol–water partition coefficient (Wildman–Crippen LogP) is 2.82. The number of phenolic OH excluding ortho intramolecular Hbond substituents is 1. The van der Waals surface area contributed by atoms with Crippen LogP contribution in [-0.4, -0.2) is 21.2 Å². The SMILES string of the molecule is CC(C(=O)O)=c1[nH]c(=O)c(=Cc2cc(C(C)(C)C)c(O)c(C(C)(C)C)c2)s1. The van der Waals surface area contributed by atoms with E-state index < -0.39 is 5.97 Å². The Kier molecular flexibility index (Phi) is 5.44. The Morgan fingerprint density at radius 1 is 1.07 bits per heavy atom. The van der Waals surface area contributed by atoms with Gasteiger partial charge in [0.2, 0.25) is 0 Å². The van der Waals surface area contributed by atoms with Gasteiger partial charge in [-0.3, -0.25) is 4.79 Å². The Labute approximate surface area is 162 Å². The number of hydrogen-bond donors (Lipinski definition) is 3. The van der Waals surface area contributed by atoms with Crippen LogP contribution in [0.5, 0.6) is 5.75 Å². The average molecular weight is 390 g/mol. The van der Waals surface area contributed by atoms with Gasteiger partial charge in [-0.2, -0.15) is 0 Å². The van der Waals surface area contributed by atoms with E-state index in [1.165, 1.54) is 6.92 Å². The first-order valence-corrected chi connectivity index (χ1v) is 9.56. The smallest absolute Gasteiger partial charge is 0.334 e. The van der Waals surface area contributed by atoms with Gasteiger partial charge in [-0.25, -0.2) is 4.79 Å². The lowest BCUT2D eigenvalue weighted by Gasteiger charge is -2.27. The van der Waals surface area contributed by atoms with E-state index in [-0.39, 0.29) is 27.7 Å². The third kappa shape index (κ3) is 4.50. The fourth-order valence-corrected chi connectivity index (χ4v) is 3.69. The number of carboxylic acid groups (broad SMARTS) is 1. The fraction of sp³-hybridized carbons (Fsp3) is 0.429. The van der Waals surface area contributed by atoms with Gasteiger partial charge in [-0.05, 0) is 41.5 Å². The summed E-state index contributed by atoms with van der Waals surface area (Å²) in [5.41, 5.74) is 1.66. The molecule has 0 aliphatic rings. The zero-order valence-corrected chi connectivity index (χ0v) is 17.7.